The van der Waals surface area contributed by atoms with Gasteiger partial charge in [0.15, 0.2) is 0 Å². The largest absolute Gasteiger partial charge is 0.481 e. The molecule has 0 heterocycles. The van der Waals surface area contributed by atoms with E-state index in [9.17, 15) is 4.79 Å². The van der Waals surface area contributed by atoms with Gasteiger partial charge in [-0.2, -0.15) is 0 Å². The van der Waals surface area contributed by atoms with Crippen molar-refractivity contribution < 1.29 is 9.90 Å². The summed E-state index contributed by atoms with van der Waals surface area (Å²) in [5.74, 6) is -0.744. The third kappa shape index (κ3) is 2.47. The van der Waals surface area contributed by atoms with Crippen LogP contribution in [0.5, 0.6) is 0 Å². The minimum atomic E-state index is -1.35. The lowest BCUT2D eigenvalue weighted by molar-refractivity contribution is -0.142. The number of carboxylic acids is 1. The molecule has 0 fully saturated rings. The normalized spacial score (nSPS) is 28.4. The smallest absolute Gasteiger partial charge is 0.306 e. The van der Waals surface area contributed by atoms with Gasteiger partial charge in [0.05, 0.1) is 5.92 Å². The first-order valence-electron chi connectivity index (χ1n) is 5.21. The number of allylic oxidation sites excluding steroid dienone is 2. The summed E-state index contributed by atoms with van der Waals surface area (Å²) < 4.78 is 0. The number of rotatable bonds is 2. The van der Waals surface area contributed by atoms with E-state index in [1.165, 1.54) is 5.57 Å². The van der Waals surface area contributed by atoms with Crippen LogP contribution in [-0.4, -0.2) is 19.1 Å². The SMILES string of the molecule is CC1=CC[C@H](C(=O)O)[C@H]([Si](C)(C)C)C1. The minimum Gasteiger partial charge on any atom is -0.481 e. The summed E-state index contributed by atoms with van der Waals surface area (Å²) in [4.78, 5) is 11.1. The van der Waals surface area contributed by atoms with Crippen LogP contribution >= 0.6 is 0 Å². The Morgan fingerprint density at radius 1 is 1.50 bits per heavy atom. The minimum absolute atomic E-state index is 0.134. The molecule has 3 heteroatoms. The Kier molecular flexibility index (Phi) is 3.19. The van der Waals surface area contributed by atoms with Gasteiger partial charge in [-0.05, 0) is 25.3 Å². The molecular formula is C11H20O2Si. The van der Waals surface area contributed by atoms with Crippen molar-refractivity contribution in [3.8, 4) is 0 Å². The summed E-state index contributed by atoms with van der Waals surface area (Å²) in [6.07, 6.45) is 3.82. The van der Waals surface area contributed by atoms with E-state index >= 15 is 0 Å². The third-order valence-corrected chi connectivity index (χ3v) is 6.01. The summed E-state index contributed by atoms with van der Waals surface area (Å²) in [7, 11) is -1.35. The van der Waals surface area contributed by atoms with Crippen LogP contribution in [0.3, 0.4) is 0 Å². The van der Waals surface area contributed by atoms with Crippen molar-refractivity contribution >= 4 is 14.0 Å². The Labute approximate surface area is 87.0 Å². The monoisotopic (exact) mass is 212 g/mol. The highest BCUT2D eigenvalue weighted by atomic mass is 28.3. The molecule has 1 aliphatic rings. The molecule has 0 aromatic carbocycles. The molecule has 0 unspecified atom stereocenters. The predicted octanol–water partition coefficient (Wildman–Crippen LogP) is 3.14. The van der Waals surface area contributed by atoms with E-state index in [1.807, 2.05) is 0 Å². The molecule has 1 aliphatic carbocycles. The fourth-order valence-electron chi connectivity index (χ4n) is 2.25. The molecule has 80 valence electrons. The number of hydrogen-bond donors (Lipinski definition) is 1. The lowest BCUT2D eigenvalue weighted by Crippen LogP contribution is -2.38. The zero-order chi connectivity index (χ0) is 10.9. The lowest BCUT2D eigenvalue weighted by Gasteiger charge is -2.36. The van der Waals surface area contributed by atoms with Crippen molar-refractivity contribution in [1.29, 1.82) is 0 Å². The standard InChI is InChI=1S/C11H20O2Si/c1-8-5-6-9(11(12)13)10(7-8)14(2,3)4/h5,9-10H,6-7H2,1-4H3,(H,12,13)/t9-,10+/m0/s1. The zero-order valence-corrected chi connectivity index (χ0v) is 10.5. The zero-order valence-electron chi connectivity index (χ0n) is 9.50. The van der Waals surface area contributed by atoms with Gasteiger partial charge in [0, 0.05) is 8.07 Å². The van der Waals surface area contributed by atoms with Crippen LogP contribution < -0.4 is 0 Å². The average Bonchev–Trinajstić information content (AvgIpc) is 2.01. The third-order valence-electron chi connectivity index (χ3n) is 3.18. The average molecular weight is 212 g/mol. The molecule has 0 radical (unpaired) electrons. The summed E-state index contributed by atoms with van der Waals surface area (Å²) in [5, 5.41) is 9.15. The van der Waals surface area contributed by atoms with Crippen LogP contribution in [0.15, 0.2) is 11.6 Å². The molecule has 0 saturated heterocycles. The summed E-state index contributed by atoms with van der Waals surface area (Å²) in [5.41, 5.74) is 1.78. The molecule has 2 atom stereocenters. The van der Waals surface area contributed by atoms with E-state index in [0.29, 0.717) is 5.54 Å². The number of hydrogen-bond acceptors (Lipinski definition) is 1. The van der Waals surface area contributed by atoms with E-state index in [4.69, 9.17) is 5.11 Å². The molecule has 0 aliphatic heterocycles. The fourth-order valence-corrected chi connectivity index (χ4v) is 4.67. The fraction of sp³-hybridized carbons (Fsp3) is 0.727. The molecule has 0 bridgehead atoms. The maximum atomic E-state index is 11.1. The quantitative estimate of drug-likeness (QED) is 0.564. The van der Waals surface area contributed by atoms with E-state index in [-0.39, 0.29) is 5.92 Å². The van der Waals surface area contributed by atoms with Gasteiger partial charge in [-0.25, -0.2) is 0 Å². The number of carboxylic acid groups (broad SMARTS) is 1. The van der Waals surface area contributed by atoms with Gasteiger partial charge in [-0.1, -0.05) is 31.3 Å². The predicted molar refractivity (Wildman–Crippen MR) is 61.2 cm³/mol. The topological polar surface area (TPSA) is 37.3 Å². The van der Waals surface area contributed by atoms with Gasteiger partial charge in [-0.15, -0.1) is 0 Å². The molecule has 2 nitrogen and oxygen atoms in total. The second-order valence-electron chi connectivity index (χ2n) is 5.41. The maximum Gasteiger partial charge on any atom is 0.306 e. The molecule has 0 spiro atoms. The van der Waals surface area contributed by atoms with E-state index in [0.717, 1.165) is 12.8 Å². The first-order chi connectivity index (χ1) is 6.32. The van der Waals surface area contributed by atoms with Crippen molar-refractivity contribution in [2.45, 2.75) is 44.9 Å². The molecule has 0 aromatic rings. The van der Waals surface area contributed by atoms with Crippen molar-refractivity contribution in [1.82, 2.24) is 0 Å². The van der Waals surface area contributed by atoms with Crippen molar-refractivity contribution in [2.24, 2.45) is 5.92 Å². The van der Waals surface area contributed by atoms with E-state index in [1.54, 1.807) is 0 Å². The van der Waals surface area contributed by atoms with Crippen molar-refractivity contribution in [3.05, 3.63) is 11.6 Å². The summed E-state index contributed by atoms with van der Waals surface area (Å²) in [6.45, 7) is 8.93. The van der Waals surface area contributed by atoms with Gasteiger partial charge in [0.25, 0.3) is 0 Å². The Morgan fingerprint density at radius 3 is 2.50 bits per heavy atom. The molecule has 0 amide bonds. The number of aliphatic carboxylic acids is 1. The van der Waals surface area contributed by atoms with Crippen LogP contribution in [0.25, 0.3) is 0 Å². The highest BCUT2D eigenvalue weighted by molar-refractivity contribution is 6.77. The molecule has 0 saturated carbocycles. The highest BCUT2D eigenvalue weighted by Crippen LogP contribution is 2.41. The molecular weight excluding hydrogens is 192 g/mol. The highest BCUT2D eigenvalue weighted by Gasteiger charge is 2.38. The Bertz CT molecular complexity index is 263. The first kappa shape index (κ1) is 11.5. The van der Waals surface area contributed by atoms with Crippen LogP contribution in [-0.2, 0) is 4.79 Å². The van der Waals surface area contributed by atoms with Crippen LogP contribution in [0, 0.1) is 5.92 Å². The lowest BCUT2D eigenvalue weighted by atomic mass is 9.89. The molecule has 1 N–H and O–H groups in total. The Hall–Kier alpha value is -0.573. The van der Waals surface area contributed by atoms with Crippen LogP contribution in [0.2, 0.25) is 25.2 Å². The summed E-state index contributed by atoms with van der Waals surface area (Å²) >= 11 is 0. The van der Waals surface area contributed by atoms with E-state index < -0.39 is 14.0 Å². The Morgan fingerprint density at radius 2 is 2.07 bits per heavy atom. The van der Waals surface area contributed by atoms with Gasteiger partial charge >= 0.3 is 5.97 Å². The first-order valence-corrected chi connectivity index (χ1v) is 8.78. The molecule has 0 aromatic heterocycles. The van der Waals surface area contributed by atoms with E-state index in [2.05, 4.69) is 32.6 Å². The molecule has 1 rings (SSSR count). The second-order valence-corrected chi connectivity index (χ2v) is 10.9. The van der Waals surface area contributed by atoms with Crippen molar-refractivity contribution in [2.75, 3.05) is 0 Å². The van der Waals surface area contributed by atoms with Crippen LogP contribution in [0.4, 0.5) is 0 Å². The number of carbonyl (C=O) groups is 1. The Balaban J connectivity index is 2.89. The summed E-state index contributed by atoms with van der Waals surface area (Å²) in [6, 6.07) is 0. The maximum absolute atomic E-state index is 11.1. The van der Waals surface area contributed by atoms with Gasteiger partial charge in [0.2, 0.25) is 0 Å². The van der Waals surface area contributed by atoms with Gasteiger partial charge in [0.1, 0.15) is 0 Å². The van der Waals surface area contributed by atoms with Crippen molar-refractivity contribution in [3.63, 3.8) is 0 Å². The second kappa shape index (κ2) is 3.89. The van der Waals surface area contributed by atoms with Crippen LogP contribution in [0.1, 0.15) is 19.8 Å². The van der Waals surface area contributed by atoms with Gasteiger partial charge < -0.3 is 5.11 Å². The molecule has 14 heavy (non-hydrogen) atoms. The van der Waals surface area contributed by atoms with Gasteiger partial charge in [-0.3, -0.25) is 4.79 Å².